The first kappa shape index (κ1) is 13.2. The molecule has 0 aromatic heterocycles. The third kappa shape index (κ3) is 3.59. The zero-order valence-corrected chi connectivity index (χ0v) is 8.44. The molecule has 0 aliphatic rings. The highest BCUT2D eigenvalue weighted by molar-refractivity contribution is 5.61. The molecule has 0 amide bonds. The molecule has 8 heteroatoms. The zero-order valence-electron chi connectivity index (χ0n) is 8.44. The fraction of sp³-hybridized carbons (Fsp3) is 0.333. The number of nitro benzene ring substituents is 1. The van der Waals surface area contributed by atoms with Gasteiger partial charge in [0, 0.05) is 18.7 Å². The van der Waals surface area contributed by atoms with Crippen molar-refractivity contribution in [1.29, 1.82) is 0 Å². The third-order valence-corrected chi connectivity index (χ3v) is 1.95. The molecule has 2 N–H and O–H groups in total. The predicted molar refractivity (Wildman–Crippen MR) is 53.6 cm³/mol. The Morgan fingerprint density at radius 2 is 2.12 bits per heavy atom. The summed E-state index contributed by atoms with van der Waals surface area (Å²) in [6.07, 6.45) is -4.95. The maximum atomic E-state index is 12.8. The fourth-order valence-electron chi connectivity index (χ4n) is 1.11. The van der Waals surface area contributed by atoms with Gasteiger partial charge < -0.3 is 10.4 Å². The van der Waals surface area contributed by atoms with Gasteiger partial charge in [-0.15, -0.1) is 0 Å². The SMILES string of the molecule is O=[N+]([O-])c1ccc(F)cc1NCC(O)C(F)F. The van der Waals surface area contributed by atoms with E-state index in [9.17, 15) is 23.3 Å². The molecule has 5 nitrogen and oxygen atoms in total. The summed E-state index contributed by atoms with van der Waals surface area (Å²) >= 11 is 0. The van der Waals surface area contributed by atoms with Gasteiger partial charge in [0.15, 0.2) is 0 Å². The first-order valence-electron chi connectivity index (χ1n) is 4.56. The van der Waals surface area contributed by atoms with Crippen molar-refractivity contribution in [3.8, 4) is 0 Å². The average Bonchev–Trinajstić information content (AvgIpc) is 2.25. The first-order valence-corrected chi connectivity index (χ1v) is 4.56. The highest BCUT2D eigenvalue weighted by Gasteiger charge is 2.19. The summed E-state index contributed by atoms with van der Waals surface area (Å²) in [7, 11) is 0. The Morgan fingerprint density at radius 1 is 1.47 bits per heavy atom. The molecule has 1 unspecified atom stereocenters. The molecule has 0 radical (unpaired) electrons. The summed E-state index contributed by atoms with van der Waals surface area (Å²) in [5.74, 6) is -0.746. The summed E-state index contributed by atoms with van der Waals surface area (Å²) in [6, 6.07) is 2.59. The van der Waals surface area contributed by atoms with Crippen LogP contribution in [0.15, 0.2) is 18.2 Å². The molecule has 1 aromatic rings. The highest BCUT2D eigenvalue weighted by Crippen LogP contribution is 2.24. The van der Waals surface area contributed by atoms with Crippen LogP contribution >= 0.6 is 0 Å². The van der Waals surface area contributed by atoms with Crippen LogP contribution < -0.4 is 5.32 Å². The van der Waals surface area contributed by atoms with Crippen molar-refractivity contribution < 1.29 is 23.2 Å². The maximum Gasteiger partial charge on any atom is 0.292 e. The van der Waals surface area contributed by atoms with Gasteiger partial charge in [0.2, 0.25) is 0 Å². The van der Waals surface area contributed by atoms with Gasteiger partial charge in [-0.1, -0.05) is 0 Å². The van der Waals surface area contributed by atoms with Crippen LogP contribution in [-0.2, 0) is 0 Å². The van der Waals surface area contributed by atoms with Crippen molar-refractivity contribution in [1.82, 2.24) is 0 Å². The van der Waals surface area contributed by atoms with Gasteiger partial charge in [-0.25, -0.2) is 13.2 Å². The number of hydrogen-bond donors (Lipinski definition) is 2. The lowest BCUT2D eigenvalue weighted by Gasteiger charge is -2.11. The number of rotatable bonds is 5. The Morgan fingerprint density at radius 3 is 2.65 bits per heavy atom. The Bertz CT molecular complexity index is 414. The topological polar surface area (TPSA) is 75.4 Å². The third-order valence-electron chi connectivity index (χ3n) is 1.95. The Labute approximate surface area is 94.0 Å². The largest absolute Gasteiger partial charge is 0.385 e. The number of benzene rings is 1. The molecule has 1 rings (SSSR count). The summed E-state index contributed by atoms with van der Waals surface area (Å²) in [6.45, 7) is -0.609. The van der Waals surface area contributed by atoms with Crippen molar-refractivity contribution in [2.45, 2.75) is 12.5 Å². The second-order valence-corrected chi connectivity index (χ2v) is 3.20. The van der Waals surface area contributed by atoms with Gasteiger partial charge in [-0.05, 0) is 6.07 Å². The lowest BCUT2D eigenvalue weighted by atomic mass is 10.2. The van der Waals surface area contributed by atoms with Gasteiger partial charge in [-0.3, -0.25) is 10.1 Å². The fourth-order valence-corrected chi connectivity index (χ4v) is 1.11. The van der Waals surface area contributed by atoms with E-state index in [0.29, 0.717) is 0 Å². The van der Waals surface area contributed by atoms with E-state index in [2.05, 4.69) is 5.32 Å². The second kappa shape index (κ2) is 5.48. The standard InChI is InChI=1S/C9H9F3N2O3/c10-5-1-2-7(14(16)17)6(3-5)13-4-8(15)9(11)12/h1-3,8-9,13,15H,4H2. The molecule has 17 heavy (non-hydrogen) atoms. The van der Waals surface area contributed by atoms with Gasteiger partial charge in [0.05, 0.1) is 4.92 Å². The van der Waals surface area contributed by atoms with Gasteiger partial charge in [0.1, 0.15) is 17.6 Å². The number of nitrogens with zero attached hydrogens (tertiary/aromatic N) is 1. The molecule has 94 valence electrons. The predicted octanol–water partition coefficient (Wildman–Crippen LogP) is 1.77. The number of nitrogens with one attached hydrogen (secondary N) is 1. The van der Waals surface area contributed by atoms with E-state index in [-0.39, 0.29) is 5.69 Å². The summed E-state index contributed by atoms with van der Waals surface area (Å²) in [5, 5.41) is 21.6. The van der Waals surface area contributed by atoms with E-state index < -0.39 is 35.5 Å². The molecule has 0 saturated carbocycles. The average molecular weight is 250 g/mol. The summed E-state index contributed by atoms with van der Waals surface area (Å²) < 4.78 is 36.8. The normalized spacial score (nSPS) is 12.5. The number of halogens is 3. The van der Waals surface area contributed by atoms with E-state index in [1.165, 1.54) is 0 Å². The molecule has 0 fully saturated rings. The van der Waals surface area contributed by atoms with Crippen molar-refractivity contribution in [3.63, 3.8) is 0 Å². The first-order chi connectivity index (χ1) is 7.91. The molecule has 1 atom stereocenters. The van der Waals surface area contributed by atoms with Crippen molar-refractivity contribution >= 4 is 11.4 Å². The zero-order chi connectivity index (χ0) is 13.0. The number of alkyl halides is 2. The molecule has 0 saturated heterocycles. The summed E-state index contributed by atoms with van der Waals surface area (Å²) in [4.78, 5) is 9.76. The monoisotopic (exact) mass is 250 g/mol. The number of aliphatic hydroxyl groups excluding tert-OH is 1. The van der Waals surface area contributed by atoms with Crippen molar-refractivity contribution in [3.05, 3.63) is 34.1 Å². The number of anilines is 1. The van der Waals surface area contributed by atoms with Crippen molar-refractivity contribution in [2.75, 3.05) is 11.9 Å². The molecule has 1 aromatic carbocycles. The Hall–Kier alpha value is -1.83. The summed E-state index contributed by atoms with van der Waals surface area (Å²) in [5.41, 5.74) is -0.706. The van der Waals surface area contributed by atoms with E-state index in [4.69, 9.17) is 5.11 Å². The van der Waals surface area contributed by atoms with E-state index in [0.717, 1.165) is 18.2 Å². The minimum absolute atomic E-state index is 0.255. The highest BCUT2D eigenvalue weighted by atomic mass is 19.3. The molecule has 0 bridgehead atoms. The lowest BCUT2D eigenvalue weighted by Crippen LogP contribution is -2.27. The number of aliphatic hydroxyl groups is 1. The quantitative estimate of drug-likeness (QED) is 0.616. The molecule has 0 spiro atoms. The van der Waals surface area contributed by atoms with Crippen LogP contribution in [0.3, 0.4) is 0 Å². The van der Waals surface area contributed by atoms with E-state index in [1.807, 2.05) is 0 Å². The van der Waals surface area contributed by atoms with E-state index >= 15 is 0 Å². The molecular formula is C9H9F3N2O3. The van der Waals surface area contributed by atoms with Crippen LogP contribution in [0, 0.1) is 15.9 Å². The van der Waals surface area contributed by atoms with Crippen LogP contribution in [0.4, 0.5) is 24.5 Å². The number of nitro groups is 1. The minimum atomic E-state index is -2.98. The van der Waals surface area contributed by atoms with Crippen LogP contribution in [0.5, 0.6) is 0 Å². The van der Waals surface area contributed by atoms with Crippen LogP contribution in [-0.4, -0.2) is 29.1 Å². The molecular weight excluding hydrogens is 241 g/mol. The van der Waals surface area contributed by atoms with Gasteiger partial charge in [0.25, 0.3) is 12.1 Å². The van der Waals surface area contributed by atoms with Crippen LogP contribution in [0.25, 0.3) is 0 Å². The Balaban J connectivity index is 2.82. The smallest absolute Gasteiger partial charge is 0.292 e. The van der Waals surface area contributed by atoms with E-state index in [1.54, 1.807) is 0 Å². The van der Waals surface area contributed by atoms with Crippen molar-refractivity contribution in [2.24, 2.45) is 0 Å². The molecule has 0 aliphatic heterocycles. The van der Waals surface area contributed by atoms with Crippen LogP contribution in [0.1, 0.15) is 0 Å². The van der Waals surface area contributed by atoms with Gasteiger partial charge in [-0.2, -0.15) is 0 Å². The minimum Gasteiger partial charge on any atom is -0.385 e. The molecule has 0 aliphatic carbocycles. The lowest BCUT2D eigenvalue weighted by molar-refractivity contribution is -0.384. The molecule has 0 heterocycles. The van der Waals surface area contributed by atoms with Gasteiger partial charge >= 0.3 is 0 Å². The Kier molecular flexibility index (Phi) is 4.27. The second-order valence-electron chi connectivity index (χ2n) is 3.20. The van der Waals surface area contributed by atoms with Crippen LogP contribution in [0.2, 0.25) is 0 Å². The number of hydrogen-bond acceptors (Lipinski definition) is 4. The maximum absolute atomic E-state index is 12.8.